The Morgan fingerprint density at radius 1 is 1.27 bits per heavy atom. The molecule has 4 nitrogen and oxygen atoms in total. The number of guanidine groups is 1. The Labute approximate surface area is 132 Å². The average molecular weight is 306 g/mol. The molecule has 1 heterocycles. The highest BCUT2D eigenvalue weighted by atomic mass is 19.1. The second kappa shape index (κ2) is 8.73. The Hall–Kier alpha value is -1.62. The van der Waals surface area contributed by atoms with E-state index in [0.717, 1.165) is 24.8 Å². The molecule has 1 fully saturated rings. The van der Waals surface area contributed by atoms with E-state index in [2.05, 4.69) is 27.6 Å². The molecule has 2 N–H and O–H groups in total. The van der Waals surface area contributed by atoms with Gasteiger partial charge in [-0.05, 0) is 51.4 Å². The van der Waals surface area contributed by atoms with Crippen LogP contribution in [0.5, 0.6) is 0 Å². The fourth-order valence-electron chi connectivity index (χ4n) is 2.79. The minimum absolute atomic E-state index is 0.184. The molecule has 0 aromatic heterocycles. The second-order valence-corrected chi connectivity index (χ2v) is 5.98. The van der Waals surface area contributed by atoms with Gasteiger partial charge < -0.3 is 15.5 Å². The molecule has 1 aromatic carbocycles. The van der Waals surface area contributed by atoms with Crippen LogP contribution in [0.3, 0.4) is 0 Å². The van der Waals surface area contributed by atoms with Crippen LogP contribution in [0.4, 0.5) is 4.39 Å². The number of aliphatic imine (C=N–C) groups is 1. The molecule has 122 valence electrons. The van der Waals surface area contributed by atoms with Crippen molar-refractivity contribution in [3.05, 3.63) is 35.6 Å². The first-order chi connectivity index (χ1) is 10.7. The van der Waals surface area contributed by atoms with Crippen LogP contribution < -0.4 is 10.6 Å². The zero-order valence-corrected chi connectivity index (χ0v) is 13.6. The predicted octanol–water partition coefficient (Wildman–Crippen LogP) is 2.22. The van der Waals surface area contributed by atoms with Crippen molar-refractivity contribution in [3.8, 4) is 0 Å². The minimum atomic E-state index is -0.184. The third-order valence-corrected chi connectivity index (χ3v) is 4.31. The number of nitrogens with zero attached hydrogens (tertiary/aromatic N) is 2. The lowest BCUT2D eigenvalue weighted by Crippen LogP contribution is -2.38. The zero-order chi connectivity index (χ0) is 15.8. The van der Waals surface area contributed by atoms with E-state index in [1.54, 1.807) is 19.2 Å². The van der Waals surface area contributed by atoms with Gasteiger partial charge in [0.25, 0.3) is 0 Å². The summed E-state index contributed by atoms with van der Waals surface area (Å²) in [6.45, 7) is 3.75. The Balaban J connectivity index is 1.68. The van der Waals surface area contributed by atoms with Crippen molar-refractivity contribution in [1.82, 2.24) is 15.5 Å². The largest absolute Gasteiger partial charge is 0.356 e. The molecule has 22 heavy (non-hydrogen) atoms. The summed E-state index contributed by atoms with van der Waals surface area (Å²) in [5.41, 5.74) is 0.653. The predicted molar refractivity (Wildman–Crippen MR) is 89.4 cm³/mol. The van der Waals surface area contributed by atoms with Crippen LogP contribution in [0.15, 0.2) is 29.3 Å². The van der Waals surface area contributed by atoms with Gasteiger partial charge in [0, 0.05) is 25.7 Å². The Bertz CT molecular complexity index is 481. The van der Waals surface area contributed by atoms with Crippen LogP contribution in [-0.2, 0) is 6.54 Å². The van der Waals surface area contributed by atoms with Crippen molar-refractivity contribution in [2.24, 2.45) is 10.9 Å². The molecule has 2 rings (SSSR count). The summed E-state index contributed by atoms with van der Waals surface area (Å²) in [6.07, 6.45) is 3.72. The lowest BCUT2D eigenvalue weighted by molar-refractivity contribution is 0.213. The van der Waals surface area contributed by atoms with E-state index in [9.17, 15) is 4.39 Å². The monoisotopic (exact) mass is 306 g/mol. The highest BCUT2D eigenvalue weighted by Crippen LogP contribution is 2.18. The molecule has 1 saturated heterocycles. The standard InChI is InChI=1S/C17H27FN4/c1-19-17(21-13-15-5-3-4-6-16(15)18)20-10-7-14-8-11-22(2)12-9-14/h3-6,14H,7-13H2,1-2H3,(H2,19,20,21). The molecule has 0 saturated carbocycles. The van der Waals surface area contributed by atoms with E-state index in [-0.39, 0.29) is 5.82 Å². The van der Waals surface area contributed by atoms with Crippen molar-refractivity contribution >= 4 is 5.96 Å². The number of benzene rings is 1. The van der Waals surface area contributed by atoms with E-state index < -0.39 is 0 Å². The van der Waals surface area contributed by atoms with Gasteiger partial charge in [-0.2, -0.15) is 0 Å². The quantitative estimate of drug-likeness (QED) is 0.647. The van der Waals surface area contributed by atoms with Crippen LogP contribution in [0, 0.1) is 11.7 Å². The van der Waals surface area contributed by atoms with Gasteiger partial charge in [0.1, 0.15) is 5.82 Å². The first kappa shape index (κ1) is 16.7. The molecule has 5 heteroatoms. The van der Waals surface area contributed by atoms with E-state index in [1.165, 1.54) is 32.0 Å². The summed E-state index contributed by atoms with van der Waals surface area (Å²) >= 11 is 0. The second-order valence-electron chi connectivity index (χ2n) is 5.98. The lowest BCUT2D eigenvalue weighted by atomic mass is 9.94. The van der Waals surface area contributed by atoms with Gasteiger partial charge in [-0.25, -0.2) is 4.39 Å². The average Bonchev–Trinajstić information content (AvgIpc) is 2.54. The van der Waals surface area contributed by atoms with Crippen LogP contribution in [0.25, 0.3) is 0 Å². The Morgan fingerprint density at radius 3 is 2.68 bits per heavy atom. The highest BCUT2D eigenvalue weighted by Gasteiger charge is 2.16. The summed E-state index contributed by atoms with van der Waals surface area (Å²) in [4.78, 5) is 6.58. The Morgan fingerprint density at radius 2 is 2.00 bits per heavy atom. The van der Waals surface area contributed by atoms with Crippen molar-refractivity contribution in [3.63, 3.8) is 0 Å². The van der Waals surface area contributed by atoms with E-state index in [0.29, 0.717) is 12.1 Å². The van der Waals surface area contributed by atoms with Gasteiger partial charge in [0.15, 0.2) is 5.96 Å². The van der Waals surface area contributed by atoms with Gasteiger partial charge in [-0.3, -0.25) is 4.99 Å². The maximum Gasteiger partial charge on any atom is 0.191 e. The number of hydrogen-bond donors (Lipinski definition) is 2. The van der Waals surface area contributed by atoms with Gasteiger partial charge >= 0.3 is 0 Å². The van der Waals surface area contributed by atoms with Gasteiger partial charge in [-0.15, -0.1) is 0 Å². The third-order valence-electron chi connectivity index (χ3n) is 4.31. The van der Waals surface area contributed by atoms with Crippen molar-refractivity contribution < 1.29 is 4.39 Å². The molecule has 0 atom stereocenters. The maximum absolute atomic E-state index is 13.6. The zero-order valence-electron chi connectivity index (χ0n) is 13.6. The molecule has 0 unspecified atom stereocenters. The van der Waals surface area contributed by atoms with Crippen LogP contribution in [0.1, 0.15) is 24.8 Å². The molecule has 1 aromatic rings. The van der Waals surface area contributed by atoms with E-state index >= 15 is 0 Å². The topological polar surface area (TPSA) is 39.7 Å². The fourth-order valence-corrected chi connectivity index (χ4v) is 2.79. The molecular formula is C17H27FN4. The third kappa shape index (κ3) is 5.30. The molecule has 0 spiro atoms. The summed E-state index contributed by atoms with van der Waals surface area (Å²) in [6, 6.07) is 6.81. The summed E-state index contributed by atoms with van der Waals surface area (Å²) < 4.78 is 13.6. The molecule has 1 aliphatic heterocycles. The number of nitrogens with one attached hydrogen (secondary N) is 2. The van der Waals surface area contributed by atoms with Crippen molar-refractivity contribution in [2.75, 3.05) is 33.7 Å². The number of rotatable bonds is 5. The number of hydrogen-bond acceptors (Lipinski definition) is 2. The first-order valence-corrected chi connectivity index (χ1v) is 8.05. The SMILES string of the molecule is CN=C(NCCC1CCN(C)CC1)NCc1ccccc1F. The minimum Gasteiger partial charge on any atom is -0.356 e. The summed E-state index contributed by atoms with van der Waals surface area (Å²) in [7, 11) is 3.93. The smallest absolute Gasteiger partial charge is 0.191 e. The fraction of sp³-hybridized carbons (Fsp3) is 0.588. The maximum atomic E-state index is 13.6. The molecule has 0 bridgehead atoms. The number of piperidine rings is 1. The molecule has 0 radical (unpaired) electrons. The first-order valence-electron chi connectivity index (χ1n) is 8.05. The van der Waals surface area contributed by atoms with Gasteiger partial charge in [0.2, 0.25) is 0 Å². The van der Waals surface area contributed by atoms with E-state index in [4.69, 9.17) is 0 Å². The number of halogens is 1. The molecule has 1 aliphatic rings. The molecular weight excluding hydrogens is 279 g/mol. The lowest BCUT2D eigenvalue weighted by Gasteiger charge is -2.29. The Kier molecular flexibility index (Phi) is 6.65. The van der Waals surface area contributed by atoms with Gasteiger partial charge in [0.05, 0.1) is 0 Å². The highest BCUT2D eigenvalue weighted by molar-refractivity contribution is 5.79. The number of likely N-dealkylation sites (tertiary alicyclic amines) is 1. The molecule has 0 aliphatic carbocycles. The van der Waals surface area contributed by atoms with Gasteiger partial charge in [-0.1, -0.05) is 18.2 Å². The van der Waals surface area contributed by atoms with Crippen molar-refractivity contribution in [2.45, 2.75) is 25.8 Å². The van der Waals surface area contributed by atoms with Crippen LogP contribution in [0.2, 0.25) is 0 Å². The summed E-state index contributed by atoms with van der Waals surface area (Å²) in [5, 5.41) is 6.48. The van der Waals surface area contributed by atoms with Crippen LogP contribution >= 0.6 is 0 Å². The van der Waals surface area contributed by atoms with Crippen LogP contribution in [-0.4, -0.2) is 44.6 Å². The van der Waals surface area contributed by atoms with Crippen molar-refractivity contribution in [1.29, 1.82) is 0 Å². The van der Waals surface area contributed by atoms with E-state index in [1.807, 2.05) is 6.07 Å². The molecule has 0 amide bonds. The summed E-state index contributed by atoms with van der Waals surface area (Å²) in [5.74, 6) is 1.35. The normalized spacial score (nSPS) is 17.5.